The van der Waals surface area contributed by atoms with Gasteiger partial charge in [0.05, 0.1) is 11.4 Å². The largest absolute Gasteiger partial charge is 0.435 e. The third-order valence-electron chi connectivity index (χ3n) is 4.01. The number of benzene rings is 2. The van der Waals surface area contributed by atoms with Crippen LogP contribution >= 0.6 is 0 Å². The number of halogens is 2. The summed E-state index contributed by atoms with van der Waals surface area (Å²) in [7, 11) is 0. The zero-order valence-corrected chi connectivity index (χ0v) is 14.8. The Bertz CT molecular complexity index is 939. The van der Waals surface area contributed by atoms with E-state index in [-0.39, 0.29) is 17.4 Å². The molecular formula is C19H18F2N4O2. The number of anilines is 1. The highest BCUT2D eigenvalue weighted by molar-refractivity contribution is 6.04. The maximum Gasteiger partial charge on any atom is 0.387 e. The second-order valence-corrected chi connectivity index (χ2v) is 5.79. The second kappa shape index (κ2) is 7.94. The first-order valence-electron chi connectivity index (χ1n) is 8.36. The molecule has 2 aromatic carbocycles. The summed E-state index contributed by atoms with van der Waals surface area (Å²) in [6.07, 6.45) is 0.513. The molecule has 0 aliphatic carbocycles. The van der Waals surface area contributed by atoms with Gasteiger partial charge in [0.25, 0.3) is 5.91 Å². The number of hydrogen-bond acceptors (Lipinski definition) is 4. The average Bonchev–Trinajstić information content (AvgIpc) is 3.08. The van der Waals surface area contributed by atoms with Crippen molar-refractivity contribution >= 4 is 11.6 Å². The van der Waals surface area contributed by atoms with Crippen molar-refractivity contribution in [3.05, 3.63) is 65.5 Å². The Hall–Kier alpha value is -3.29. The molecule has 0 aliphatic rings. The minimum Gasteiger partial charge on any atom is -0.435 e. The van der Waals surface area contributed by atoms with E-state index in [1.165, 1.54) is 16.8 Å². The second-order valence-electron chi connectivity index (χ2n) is 5.79. The normalized spacial score (nSPS) is 10.9. The van der Waals surface area contributed by atoms with Crippen molar-refractivity contribution in [3.8, 4) is 11.4 Å². The van der Waals surface area contributed by atoms with E-state index in [2.05, 4.69) is 20.4 Å². The van der Waals surface area contributed by atoms with Crippen LogP contribution in [0.25, 0.3) is 5.69 Å². The maximum atomic E-state index is 12.6. The van der Waals surface area contributed by atoms with Crippen LogP contribution in [0.2, 0.25) is 0 Å². The van der Waals surface area contributed by atoms with Gasteiger partial charge in [-0.25, -0.2) is 4.68 Å². The number of aromatic nitrogens is 3. The lowest BCUT2D eigenvalue weighted by atomic mass is 10.2. The van der Waals surface area contributed by atoms with Crippen LogP contribution in [0.4, 0.5) is 14.5 Å². The molecule has 27 heavy (non-hydrogen) atoms. The smallest absolute Gasteiger partial charge is 0.387 e. The molecule has 0 aliphatic heterocycles. The van der Waals surface area contributed by atoms with Gasteiger partial charge in [-0.15, -0.1) is 5.10 Å². The van der Waals surface area contributed by atoms with Gasteiger partial charge in [-0.1, -0.05) is 30.3 Å². The Morgan fingerprint density at radius 2 is 1.89 bits per heavy atom. The summed E-state index contributed by atoms with van der Waals surface area (Å²) in [6.45, 7) is 0.898. The number of nitrogens with zero attached hydrogens (tertiary/aromatic N) is 3. The number of carbonyl (C=O) groups excluding carboxylic acids is 1. The number of nitrogens with one attached hydrogen (secondary N) is 1. The summed E-state index contributed by atoms with van der Waals surface area (Å²) in [5.41, 5.74) is 3.06. The lowest BCUT2D eigenvalue weighted by molar-refractivity contribution is -0.0498. The molecule has 140 valence electrons. The number of alkyl halides is 2. The molecule has 0 fully saturated rings. The standard InChI is InChI=1S/C19H18F2N4O2/c1-3-16-17(18(26)22-15-7-5-4-6-12(15)2)23-24-25(16)13-8-10-14(11-9-13)27-19(20)21/h4-11,19H,3H2,1-2H3,(H,22,26). The van der Waals surface area contributed by atoms with Gasteiger partial charge in [0.2, 0.25) is 0 Å². The summed E-state index contributed by atoms with van der Waals surface area (Å²) in [5.74, 6) is -0.311. The van der Waals surface area contributed by atoms with Gasteiger partial charge in [0.1, 0.15) is 5.75 Å². The molecule has 0 bridgehead atoms. The average molecular weight is 372 g/mol. The summed E-state index contributed by atoms with van der Waals surface area (Å²) in [6, 6.07) is 13.4. The van der Waals surface area contributed by atoms with Crippen molar-refractivity contribution in [2.45, 2.75) is 26.9 Å². The maximum absolute atomic E-state index is 12.6. The fourth-order valence-corrected chi connectivity index (χ4v) is 2.67. The predicted octanol–water partition coefficient (Wildman–Crippen LogP) is 3.99. The monoisotopic (exact) mass is 372 g/mol. The number of rotatable bonds is 6. The Kier molecular flexibility index (Phi) is 5.44. The van der Waals surface area contributed by atoms with Gasteiger partial charge in [-0.3, -0.25) is 4.79 Å². The van der Waals surface area contributed by atoms with Crippen molar-refractivity contribution in [2.75, 3.05) is 5.32 Å². The Labute approximate surface area is 154 Å². The number of ether oxygens (including phenoxy) is 1. The minimum atomic E-state index is -2.88. The van der Waals surface area contributed by atoms with E-state index in [1.807, 2.05) is 38.1 Å². The fraction of sp³-hybridized carbons (Fsp3) is 0.211. The van der Waals surface area contributed by atoms with E-state index in [0.29, 0.717) is 23.5 Å². The molecule has 1 aromatic heterocycles. The van der Waals surface area contributed by atoms with Crippen LogP contribution in [0.5, 0.6) is 5.75 Å². The third-order valence-corrected chi connectivity index (χ3v) is 4.01. The quantitative estimate of drug-likeness (QED) is 0.710. The third kappa shape index (κ3) is 4.11. The SMILES string of the molecule is CCc1c(C(=O)Nc2ccccc2C)nnn1-c1ccc(OC(F)F)cc1. The van der Waals surface area contributed by atoms with Crippen LogP contribution in [0.1, 0.15) is 28.7 Å². The van der Waals surface area contributed by atoms with Gasteiger partial charge < -0.3 is 10.1 Å². The van der Waals surface area contributed by atoms with Gasteiger partial charge in [-0.05, 0) is 49.2 Å². The van der Waals surface area contributed by atoms with Crippen molar-refractivity contribution in [1.82, 2.24) is 15.0 Å². The van der Waals surface area contributed by atoms with E-state index in [9.17, 15) is 13.6 Å². The number of aryl methyl sites for hydroxylation is 1. The van der Waals surface area contributed by atoms with Crippen molar-refractivity contribution in [2.24, 2.45) is 0 Å². The van der Waals surface area contributed by atoms with E-state index in [1.54, 1.807) is 12.1 Å². The summed E-state index contributed by atoms with van der Waals surface area (Å²) < 4.78 is 30.4. The lowest BCUT2D eigenvalue weighted by Crippen LogP contribution is -2.16. The van der Waals surface area contributed by atoms with Crippen LogP contribution in [-0.2, 0) is 6.42 Å². The summed E-state index contributed by atoms with van der Waals surface area (Å²) in [5, 5.41) is 10.9. The van der Waals surface area contributed by atoms with E-state index < -0.39 is 6.61 Å². The Morgan fingerprint density at radius 1 is 1.19 bits per heavy atom. The van der Waals surface area contributed by atoms with Crippen molar-refractivity contribution < 1.29 is 18.3 Å². The highest BCUT2D eigenvalue weighted by atomic mass is 19.3. The van der Waals surface area contributed by atoms with Crippen molar-refractivity contribution in [3.63, 3.8) is 0 Å². The highest BCUT2D eigenvalue weighted by Gasteiger charge is 2.20. The molecule has 3 aromatic rings. The summed E-state index contributed by atoms with van der Waals surface area (Å²) in [4.78, 5) is 12.6. The zero-order chi connectivity index (χ0) is 19.4. The van der Waals surface area contributed by atoms with Gasteiger partial charge in [0, 0.05) is 5.69 Å². The summed E-state index contributed by atoms with van der Waals surface area (Å²) >= 11 is 0. The first-order valence-corrected chi connectivity index (χ1v) is 8.36. The van der Waals surface area contributed by atoms with Gasteiger partial charge in [0.15, 0.2) is 5.69 Å². The predicted molar refractivity (Wildman–Crippen MR) is 96.5 cm³/mol. The molecule has 8 heteroatoms. The molecule has 3 rings (SSSR count). The molecule has 1 amide bonds. The number of hydrogen-bond donors (Lipinski definition) is 1. The van der Waals surface area contributed by atoms with E-state index >= 15 is 0 Å². The van der Waals surface area contributed by atoms with E-state index in [4.69, 9.17) is 0 Å². The highest BCUT2D eigenvalue weighted by Crippen LogP contribution is 2.20. The van der Waals surface area contributed by atoms with Crippen LogP contribution in [0, 0.1) is 6.92 Å². The Balaban J connectivity index is 1.86. The number of amides is 1. The molecule has 0 saturated heterocycles. The fourth-order valence-electron chi connectivity index (χ4n) is 2.67. The molecule has 0 unspecified atom stereocenters. The van der Waals surface area contributed by atoms with Crippen LogP contribution in [0.15, 0.2) is 48.5 Å². The molecule has 1 N–H and O–H groups in total. The minimum absolute atomic E-state index is 0.0458. The number of para-hydroxylation sites is 1. The number of carbonyl (C=O) groups is 1. The van der Waals surface area contributed by atoms with Crippen LogP contribution in [0.3, 0.4) is 0 Å². The molecule has 0 saturated carbocycles. The molecule has 1 heterocycles. The first kappa shape index (κ1) is 18.5. The molecular weight excluding hydrogens is 354 g/mol. The van der Waals surface area contributed by atoms with Crippen LogP contribution in [-0.4, -0.2) is 27.5 Å². The van der Waals surface area contributed by atoms with Gasteiger partial charge in [-0.2, -0.15) is 8.78 Å². The van der Waals surface area contributed by atoms with Gasteiger partial charge >= 0.3 is 6.61 Å². The molecule has 6 nitrogen and oxygen atoms in total. The Morgan fingerprint density at radius 3 is 2.52 bits per heavy atom. The lowest BCUT2D eigenvalue weighted by Gasteiger charge is -2.09. The molecule has 0 atom stereocenters. The first-order chi connectivity index (χ1) is 13.0. The topological polar surface area (TPSA) is 69.0 Å². The molecule has 0 spiro atoms. The zero-order valence-electron chi connectivity index (χ0n) is 14.8. The molecule has 0 radical (unpaired) electrons. The van der Waals surface area contributed by atoms with Crippen molar-refractivity contribution in [1.29, 1.82) is 0 Å². The van der Waals surface area contributed by atoms with Crippen LogP contribution < -0.4 is 10.1 Å². The van der Waals surface area contributed by atoms with E-state index in [0.717, 1.165) is 5.56 Å².